The summed E-state index contributed by atoms with van der Waals surface area (Å²) in [5.41, 5.74) is 1.69. The van der Waals surface area contributed by atoms with Crippen LogP contribution >= 0.6 is 0 Å². The maximum atomic E-state index is 11.5. The molecule has 0 bridgehead atoms. The lowest BCUT2D eigenvalue weighted by atomic mass is 9.80. The van der Waals surface area contributed by atoms with Gasteiger partial charge < -0.3 is 4.74 Å². The molecule has 15 heavy (non-hydrogen) atoms. The number of hydrogen-bond donors (Lipinski definition) is 0. The van der Waals surface area contributed by atoms with E-state index in [4.69, 9.17) is 4.74 Å². The quantitative estimate of drug-likeness (QED) is 0.710. The lowest BCUT2D eigenvalue weighted by molar-refractivity contribution is 0.0599. The number of methoxy groups -OCH3 is 1. The lowest BCUT2D eigenvalue weighted by Gasteiger charge is -2.25. The average molecular weight is 205 g/mol. The Kier molecular flexibility index (Phi) is 2.99. The maximum absolute atomic E-state index is 11.5. The van der Waals surface area contributed by atoms with Crippen LogP contribution in [-0.2, 0) is 11.2 Å². The van der Waals surface area contributed by atoms with Crippen molar-refractivity contribution in [2.75, 3.05) is 7.11 Å². The number of nitrogens with zero attached hydrogens (tertiary/aromatic N) is 1. The van der Waals surface area contributed by atoms with Gasteiger partial charge in [0, 0.05) is 12.4 Å². The van der Waals surface area contributed by atoms with E-state index in [9.17, 15) is 4.79 Å². The van der Waals surface area contributed by atoms with Crippen molar-refractivity contribution in [1.29, 1.82) is 0 Å². The first-order valence-electron chi connectivity index (χ1n) is 5.32. The average Bonchev–Trinajstić information content (AvgIpc) is 2.23. The zero-order valence-corrected chi connectivity index (χ0v) is 8.90. The van der Waals surface area contributed by atoms with Crippen molar-refractivity contribution in [2.45, 2.75) is 25.7 Å². The monoisotopic (exact) mass is 205 g/mol. The van der Waals surface area contributed by atoms with Crippen molar-refractivity contribution >= 4 is 5.97 Å². The van der Waals surface area contributed by atoms with Crippen LogP contribution in [0.4, 0.5) is 0 Å². The van der Waals surface area contributed by atoms with Gasteiger partial charge in [-0.2, -0.15) is 0 Å². The second-order valence-corrected chi connectivity index (χ2v) is 4.03. The third-order valence-corrected chi connectivity index (χ3v) is 3.04. The van der Waals surface area contributed by atoms with Crippen LogP contribution in [0.3, 0.4) is 0 Å². The lowest BCUT2D eigenvalue weighted by Crippen LogP contribution is -2.16. The summed E-state index contributed by atoms with van der Waals surface area (Å²) in [7, 11) is 1.41. The molecule has 0 radical (unpaired) electrons. The molecule has 2 rings (SSSR count). The molecule has 0 saturated heterocycles. The van der Waals surface area contributed by atoms with E-state index in [2.05, 4.69) is 4.98 Å². The first-order chi connectivity index (χ1) is 7.31. The van der Waals surface area contributed by atoms with Crippen LogP contribution in [0.2, 0.25) is 0 Å². The van der Waals surface area contributed by atoms with Crippen LogP contribution in [0, 0.1) is 5.92 Å². The molecule has 0 aromatic carbocycles. The van der Waals surface area contributed by atoms with Crippen molar-refractivity contribution in [3.63, 3.8) is 0 Å². The third-order valence-electron chi connectivity index (χ3n) is 3.04. The Labute approximate surface area is 89.5 Å². The number of carbonyl (C=O) groups excluding carboxylic acids is 1. The number of pyridine rings is 1. The second kappa shape index (κ2) is 4.43. The van der Waals surface area contributed by atoms with Crippen molar-refractivity contribution in [1.82, 2.24) is 4.98 Å². The molecule has 1 fully saturated rings. The molecule has 1 heterocycles. The highest BCUT2D eigenvalue weighted by Crippen LogP contribution is 2.30. The van der Waals surface area contributed by atoms with Gasteiger partial charge in [0.1, 0.15) is 0 Å². The van der Waals surface area contributed by atoms with Crippen LogP contribution in [0.1, 0.15) is 35.2 Å². The minimum Gasteiger partial charge on any atom is -0.465 e. The van der Waals surface area contributed by atoms with Gasteiger partial charge in [-0.1, -0.05) is 19.3 Å². The Balaban J connectivity index is 2.16. The fourth-order valence-corrected chi connectivity index (χ4v) is 1.91. The molecule has 0 spiro atoms. The number of carbonyl (C=O) groups is 1. The summed E-state index contributed by atoms with van der Waals surface area (Å²) < 4.78 is 4.74. The molecule has 3 heteroatoms. The Morgan fingerprint density at radius 1 is 1.60 bits per heavy atom. The van der Waals surface area contributed by atoms with E-state index in [1.807, 2.05) is 0 Å². The molecule has 0 amide bonds. The highest BCUT2D eigenvalue weighted by molar-refractivity contribution is 5.90. The van der Waals surface area contributed by atoms with Crippen molar-refractivity contribution in [2.24, 2.45) is 5.92 Å². The number of hydrogen-bond acceptors (Lipinski definition) is 3. The molecular formula is C12H15NO2. The Morgan fingerprint density at radius 2 is 2.40 bits per heavy atom. The molecule has 0 aliphatic heterocycles. The molecule has 3 nitrogen and oxygen atoms in total. The topological polar surface area (TPSA) is 39.2 Å². The minimum atomic E-state index is -0.258. The molecule has 0 unspecified atom stereocenters. The van der Waals surface area contributed by atoms with E-state index in [-0.39, 0.29) is 5.97 Å². The number of rotatable bonds is 3. The largest absolute Gasteiger partial charge is 0.465 e. The summed E-state index contributed by atoms with van der Waals surface area (Å²) in [6.45, 7) is 0. The van der Waals surface area contributed by atoms with E-state index >= 15 is 0 Å². The smallest absolute Gasteiger partial charge is 0.338 e. The predicted molar refractivity (Wildman–Crippen MR) is 56.6 cm³/mol. The summed E-state index contributed by atoms with van der Waals surface area (Å²) in [6, 6.07) is 1.74. The zero-order chi connectivity index (χ0) is 10.7. The van der Waals surface area contributed by atoms with Crippen LogP contribution in [0.5, 0.6) is 0 Å². The van der Waals surface area contributed by atoms with Crippen LogP contribution in [-0.4, -0.2) is 18.1 Å². The molecule has 80 valence electrons. The minimum absolute atomic E-state index is 0.258. The van der Waals surface area contributed by atoms with Crippen molar-refractivity contribution < 1.29 is 9.53 Å². The van der Waals surface area contributed by atoms with E-state index in [0.717, 1.165) is 17.9 Å². The number of ether oxygens (including phenoxy) is 1. The highest BCUT2D eigenvalue weighted by Gasteiger charge is 2.21. The summed E-state index contributed by atoms with van der Waals surface area (Å²) in [4.78, 5) is 15.5. The SMILES string of the molecule is COC(=O)c1ccncc1CC1CCC1. The Hall–Kier alpha value is -1.38. The van der Waals surface area contributed by atoms with Crippen LogP contribution in [0.15, 0.2) is 18.5 Å². The standard InChI is InChI=1S/C12H15NO2/c1-15-12(14)11-5-6-13-8-10(11)7-9-3-2-4-9/h5-6,8-9H,2-4,7H2,1H3. The van der Waals surface area contributed by atoms with Gasteiger partial charge in [0.15, 0.2) is 0 Å². The van der Waals surface area contributed by atoms with Gasteiger partial charge in [-0.05, 0) is 24.0 Å². The van der Waals surface area contributed by atoms with E-state index in [1.54, 1.807) is 18.5 Å². The van der Waals surface area contributed by atoms with Gasteiger partial charge in [-0.25, -0.2) is 4.79 Å². The van der Waals surface area contributed by atoms with Gasteiger partial charge in [0.2, 0.25) is 0 Å². The molecule has 1 aromatic heterocycles. The predicted octanol–water partition coefficient (Wildman–Crippen LogP) is 2.21. The first-order valence-corrected chi connectivity index (χ1v) is 5.32. The fourth-order valence-electron chi connectivity index (χ4n) is 1.91. The normalized spacial score (nSPS) is 15.8. The molecule has 0 atom stereocenters. The summed E-state index contributed by atoms with van der Waals surface area (Å²) in [5, 5.41) is 0. The van der Waals surface area contributed by atoms with E-state index in [0.29, 0.717) is 5.56 Å². The van der Waals surface area contributed by atoms with Gasteiger partial charge >= 0.3 is 5.97 Å². The summed E-state index contributed by atoms with van der Waals surface area (Å²) in [6.07, 6.45) is 8.24. The first kappa shape index (κ1) is 10.1. The molecule has 1 aliphatic carbocycles. The van der Waals surface area contributed by atoms with E-state index in [1.165, 1.54) is 26.4 Å². The molecule has 1 aromatic rings. The Bertz CT molecular complexity index is 358. The molecular weight excluding hydrogens is 190 g/mol. The van der Waals surface area contributed by atoms with Crippen molar-refractivity contribution in [3.8, 4) is 0 Å². The Morgan fingerprint density at radius 3 is 3.00 bits per heavy atom. The second-order valence-electron chi connectivity index (χ2n) is 4.03. The van der Waals surface area contributed by atoms with Gasteiger partial charge in [0.25, 0.3) is 0 Å². The van der Waals surface area contributed by atoms with Gasteiger partial charge in [0.05, 0.1) is 12.7 Å². The van der Waals surface area contributed by atoms with Crippen molar-refractivity contribution in [3.05, 3.63) is 29.6 Å². The zero-order valence-electron chi connectivity index (χ0n) is 8.90. The van der Waals surface area contributed by atoms with Gasteiger partial charge in [-0.3, -0.25) is 4.98 Å². The van der Waals surface area contributed by atoms with Crippen LogP contribution < -0.4 is 0 Å². The van der Waals surface area contributed by atoms with E-state index < -0.39 is 0 Å². The molecule has 1 saturated carbocycles. The van der Waals surface area contributed by atoms with Crippen LogP contribution in [0.25, 0.3) is 0 Å². The maximum Gasteiger partial charge on any atom is 0.338 e. The van der Waals surface area contributed by atoms with Gasteiger partial charge in [-0.15, -0.1) is 0 Å². The number of esters is 1. The fraction of sp³-hybridized carbons (Fsp3) is 0.500. The molecule has 0 N–H and O–H groups in total. The number of aromatic nitrogens is 1. The summed E-state index contributed by atoms with van der Waals surface area (Å²) >= 11 is 0. The highest BCUT2D eigenvalue weighted by atomic mass is 16.5. The summed E-state index contributed by atoms with van der Waals surface area (Å²) in [5.74, 6) is 0.476. The molecule has 1 aliphatic rings. The third kappa shape index (κ3) is 2.17.